The Bertz CT molecular complexity index is 370. The van der Waals surface area contributed by atoms with Crippen molar-refractivity contribution >= 4 is 0 Å². The molecule has 0 radical (unpaired) electrons. The Labute approximate surface area is 102 Å². The highest BCUT2D eigenvalue weighted by molar-refractivity contribution is 5.19. The number of aliphatic hydroxyl groups is 1. The number of likely N-dealkylation sites (tertiary alicyclic amines) is 1. The Morgan fingerprint density at radius 2 is 2.29 bits per heavy atom. The van der Waals surface area contributed by atoms with Gasteiger partial charge in [-0.3, -0.25) is 0 Å². The van der Waals surface area contributed by atoms with Gasteiger partial charge in [0.15, 0.2) is 0 Å². The highest BCUT2D eigenvalue weighted by Crippen LogP contribution is 2.29. The van der Waals surface area contributed by atoms with Crippen LogP contribution in [0.25, 0.3) is 0 Å². The molecule has 0 aromatic carbocycles. The average Bonchev–Trinajstić information content (AvgIpc) is 2.38. The zero-order chi connectivity index (χ0) is 12.3. The molecule has 1 aliphatic rings. The van der Waals surface area contributed by atoms with Gasteiger partial charge in [-0.25, -0.2) is 4.98 Å². The third kappa shape index (κ3) is 2.96. The first-order valence-electron chi connectivity index (χ1n) is 6.03. The summed E-state index contributed by atoms with van der Waals surface area (Å²) in [6, 6.07) is 5.88. The molecule has 1 N–H and O–H groups in total. The molecule has 2 heterocycles. The van der Waals surface area contributed by atoms with Gasteiger partial charge in [0.05, 0.1) is 7.11 Å². The van der Waals surface area contributed by atoms with Crippen molar-refractivity contribution in [3.05, 3.63) is 23.9 Å². The maximum absolute atomic E-state index is 9.30. The fraction of sp³-hybridized carbons (Fsp3) is 0.615. The molecule has 1 aliphatic heterocycles. The van der Waals surface area contributed by atoms with Gasteiger partial charge in [-0.1, -0.05) is 6.07 Å². The summed E-state index contributed by atoms with van der Waals surface area (Å²) in [6.07, 6.45) is 1.00. The van der Waals surface area contributed by atoms with Gasteiger partial charge in [-0.15, -0.1) is 0 Å². The lowest BCUT2D eigenvalue weighted by atomic mass is 9.87. The SMILES string of the molecule is COc1cccc([C@H]2C[C@@H](CO)CN(C)C2)n1. The summed E-state index contributed by atoms with van der Waals surface area (Å²) >= 11 is 0. The lowest BCUT2D eigenvalue weighted by Crippen LogP contribution is -2.38. The van der Waals surface area contributed by atoms with E-state index in [9.17, 15) is 5.11 Å². The molecule has 1 saturated heterocycles. The van der Waals surface area contributed by atoms with E-state index in [1.807, 2.05) is 18.2 Å². The smallest absolute Gasteiger partial charge is 0.213 e. The molecule has 0 unspecified atom stereocenters. The van der Waals surface area contributed by atoms with Crippen LogP contribution in [0.1, 0.15) is 18.0 Å². The van der Waals surface area contributed by atoms with E-state index in [0.717, 1.165) is 25.2 Å². The number of nitrogens with zero attached hydrogens (tertiary/aromatic N) is 2. The van der Waals surface area contributed by atoms with Crippen molar-refractivity contribution in [3.63, 3.8) is 0 Å². The lowest BCUT2D eigenvalue weighted by molar-refractivity contribution is 0.123. The quantitative estimate of drug-likeness (QED) is 0.854. The van der Waals surface area contributed by atoms with Crippen molar-refractivity contribution in [1.29, 1.82) is 0 Å². The van der Waals surface area contributed by atoms with Crippen molar-refractivity contribution in [2.24, 2.45) is 5.92 Å². The third-order valence-electron chi connectivity index (χ3n) is 3.35. The van der Waals surface area contributed by atoms with Crippen LogP contribution in [-0.2, 0) is 0 Å². The largest absolute Gasteiger partial charge is 0.481 e. The number of hydrogen-bond acceptors (Lipinski definition) is 4. The number of aromatic nitrogens is 1. The first-order chi connectivity index (χ1) is 8.22. The van der Waals surface area contributed by atoms with Gasteiger partial charge in [0, 0.05) is 37.4 Å². The van der Waals surface area contributed by atoms with E-state index < -0.39 is 0 Å². The van der Waals surface area contributed by atoms with Crippen molar-refractivity contribution < 1.29 is 9.84 Å². The van der Waals surface area contributed by atoms with Crippen LogP contribution >= 0.6 is 0 Å². The van der Waals surface area contributed by atoms with Crippen LogP contribution in [0.2, 0.25) is 0 Å². The summed E-state index contributed by atoms with van der Waals surface area (Å²) in [6.45, 7) is 2.22. The van der Waals surface area contributed by atoms with Gasteiger partial charge in [-0.2, -0.15) is 0 Å². The van der Waals surface area contributed by atoms with Gasteiger partial charge >= 0.3 is 0 Å². The summed E-state index contributed by atoms with van der Waals surface area (Å²) in [7, 11) is 3.73. The summed E-state index contributed by atoms with van der Waals surface area (Å²) in [5.74, 6) is 1.41. The molecule has 0 saturated carbocycles. The zero-order valence-electron chi connectivity index (χ0n) is 10.5. The van der Waals surface area contributed by atoms with Crippen LogP contribution in [-0.4, -0.2) is 48.8 Å². The molecule has 0 amide bonds. The normalized spacial score (nSPS) is 25.8. The van der Waals surface area contributed by atoms with Crippen LogP contribution in [0, 0.1) is 5.92 Å². The number of ether oxygens (including phenoxy) is 1. The van der Waals surface area contributed by atoms with Crippen molar-refractivity contribution in [1.82, 2.24) is 9.88 Å². The molecule has 4 nitrogen and oxygen atoms in total. The van der Waals surface area contributed by atoms with Crippen LogP contribution in [0.5, 0.6) is 5.88 Å². The van der Waals surface area contributed by atoms with E-state index in [2.05, 4.69) is 16.9 Å². The molecule has 4 heteroatoms. The Kier molecular flexibility index (Phi) is 3.97. The second-order valence-electron chi connectivity index (χ2n) is 4.81. The average molecular weight is 236 g/mol. The summed E-state index contributed by atoms with van der Waals surface area (Å²) in [4.78, 5) is 6.75. The number of hydrogen-bond donors (Lipinski definition) is 1. The van der Waals surface area contributed by atoms with Gasteiger partial charge in [-0.05, 0) is 25.5 Å². The summed E-state index contributed by atoms with van der Waals surface area (Å²) < 4.78 is 5.15. The van der Waals surface area contributed by atoms with E-state index in [4.69, 9.17) is 4.74 Å². The van der Waals surface area contributed by atoms with E-state index >= 15 is 0 Å². The fourth-order valence-corrected chi connectivity index (χ4v) is 2.56. The van der Waals surface area contributed by atoms with Crippen LogP contribution in [0.4, 0.5) is 0 Å². The minimum absolute atomic E-state index is 0.255. The summed E-state index contributed by atoms with van der Waals surface area (Å²) in [5.41, 5.74) is 1.06. The van der Waals surface area contributed by atoms with Gasteiger partial charge < -0.3 is 14.7 Å². The predicted octanol–water partition coefficient (Wildman–Crippen LogP) is 1.12. The minimum atomic E-state index is 0.255. The number of aliphatic hydroxyl groups excluding tert-OH is 1. The maximum atomic E-state index is 9.30. The standard InChI is InChI=1S/C13H20N2O2/c1-15-7-10(9-16)6-11(8-15)12-4-3-5-13(14-12)17-2/h3-5,10-11,16H,6-9H2,1-2H3/t10-,11+/m1/s1. The number of methoxy groups -OCH3 is 1. The molecule has 94 valence electrons. The van der Waals surface area contributed by atoms with Gasteiger partial charge in [0.1, 0.15) is 0 Å². The Balaban J connectivity index is 2.14. The molecule has 0 spiro atoms. The molecule has 2 rings (SSSR count). The van der Waals surface area contributed by atoms with E-state index in [-0.39, 0.29) is 6.61 Å². The minimum Gasteiger partial charge on any atom is -0.481 e. The molecule has 2 atom stereocenters. The molecule has 1 fully saturated rings. The Morgan fingerprint density at radius 3 is 3.00 bits per heavy atom. The van der Waals surface area contributed by atoms with Gasteiger partial charge in [0.2, 0.25) is 5.88 Å². The predicted molar refractivity (Wildman–Crippen MR) is 66.2 cm³/mol. The zero-order valence-corrected chi connectivity index (χ0v) is 10.5. The fourth-order valence-electron chi connectivity index (χ4n) is 2.56. The number of likely N-dealkylation sites (N-methyl/N-ethyl adjacent to an activating group) is 1. The van der Waals surface area contributed by atoms with Crippen molar-refractivity contribution in [2.75, 3.05) is 33.9 Å². The van der Waals surface area contributed by atoms with Crippen LogP contribution in [0.15, 0.2) is 18.2 Å². The Morgan fingerprint density at radius 1 is 1.47 bits per heavy atom. The second kappa shape index (κ2) is 5.47. The molecule has 1 aromatic heterocycles. The van der Waals surface area contributed by atoms with Crippen LogP contribution < -0.4 is 4.74 Å². The van der Waals surface area contributed by atoms with E-state index in [0.29, 0.717) is 17.7 Å². The van der Waals surface area contributed by atoms with E-state index in [1.165, 1.54) is 0 Å². The van der Waals surface area contributed by atoms with Crippen molar-refractivity contribution in [3.8, 4) is 5.88 Å². The third-order valence-corrected chi connectivity index (χ3v) is 3.35. The summed E-state index contributed by atoms with van der Waals surface area (Å²) in [5, 5.41) is 9.30. The van der Waals surface area contributed by atoms with Crippen molar-refractivity contribution in [2.45, 2.75) is 12.3 Å². The molecular formula is C13H20N2O2. The lowest BCUT2D eigenvalue weighted by Gasteiger charge is -2.34. The van der Waals surface area contributed by atoms with Crippen LogP contribution in [0.3, 0.4) is 0 Å². The Hall–Kier alpha value is -1.13. The molecule has 0 aliphatic carbocycles. The highest BCUT2D eigenvalue weighted by Gasteiger charge is 2.26. The second-order valence-corrected chi connectivity index (χ2v) is 4.81. The number of pyridine rings is 1. The topological polar surface area (TPSA) is 45.6 Å². The molecule has 1 aromatic rings. The highest BCUT2D eigenvalue weighted by atomic mass is 16.5. The first kappa shape index (κ1) is 12.3. The van der Waals surface area contributed by atoms with E-state index in [1.54, 1.807) is 7.11 Å². The molecule has 0 bridgehead atoms. The molecule has 17 heavy (non-hydrogen) atoms. The monoisotopic (exact) mass is 236 g/mol. The maximum Gasteiger partial charge on any atom is 0.213 e. The number of rotatable bonds is 3. The first-order valence-corrected chi connectivity index (χ1v) is 6.03. The molecular weight excluding hydrogens is 216 g/mol. The number of piperidine rings is 1. The van der Waals surface area contributed by atoms with Gasteiger partial charge in [0.25, 0.3) is 0 Å².